The van der Waals surface area contributed by atoms with E-state index >= 15 is 0 Å². The number of carbonyl (C=O) groups is 4. The summed E-state index contributed by atoms with van der Waals surface area (Å²) < 4.78 is 5.19. The van der Waals surface area contributed by atoms with Crippen molar-refractivity contribution in [2.45, 2.75) is 70.9 Å². The van der Waals surface area contributed by atoms with E-state index in [1.807, 2.05) is 75.4 Å². The number of para-hydroxylation sites is 1. The lowest BCUT2D eigenvalue weighted by Gasteiger charge is -2.41. The van der Waals surface area contributed by atoms with Crippen LogP contribution >= 0.6 is 0 Å². The fraction of sp³-hybridized carbons (Fsp3) is 0.389. The van der Waals surface area contributed by atoms with Crippen LogP contribution in [0.4, 0.5) is 16.2 Å². The number of methoxy groups -OCH3 is 1. The van der Waals surface area contributed by atoms with E-state index in [-0.39, 0.29) is 42.2 Å². The van der Waals surface area contributed by atoms with Gasteiger partial charge in [0, 0.05) is 24.0 Å². The van der Waals surface area contributed by atoms with E-state index in [9.17, 15) is 19.2 Å². The molecule has 3 aromatic carbocycles. The number of hydrogen-bond donors (Lipinski definition) is 3. The minimum atomic E-state index is -0.724. The zero-order valence-corrected chi connectivity index (χ0v) is 26.5. The number of nitrogens with one attached hydrogen (secondary N) is 3. The first-order chi connectivity index (χ1) is 21.7. The van der Waals surface area contributed by atoms with Crippen molar-refractivity contribution in [1.82, 2.24) is 10.2 Å². The molecule has 1 aliphatic rings. The highest BCUT2D eigenvalue weighted by molar-refractivity contribution is 6.00. The van der Waals surface area contributed by atoms with Gasteiger partial charge in [0.2, 0.25) is 11.8 Å². The Bertz CT molecular complexity index is 1460. The predicted molar refractivity (Wildman–Crippen MR) is 176 cm³/mol. The van der Waals surface area contributed by atoms with Crippen molar-refractivity contribution in [3.63, 3.8) is 0 Å². The van der Waals surface area contributed by atoms with Crippen molar-refractivity contribution in [2.24, 2.45) is 5.92 Å². The summed E-state index contributed by atoms with van der Waals surface area (Å²) in [5.74, 6) is -1.27. The largest absolute Gasteiger partial charge is 0.468 e. The summed E-state index contributed by atoms with van der Waals surface area (Å²) in [6.07, 6.45) is 2.95. The molecule has 3 aromatic rings. The van der Waals surface area contributed by atoms with E-state index < -0.39 is 12.0 Å². The molecule has 0 spiro atoms. The van der Waals surface area contributed by atoms with Crippen molar-refractivity contribution in [3.8, 4) is 0 Å². The number of aryl methyl sites for hydroxylation is 1. The normalized spacial score (nSPS) is 15.9. The third-order valence-electron chi connectivity index (χ3n) is 8.14. The average molecular weight is 613 g/mol. The molecule has 2 unspecified atom stereocenters. The number of ether oxygens (including phenoxy) is 1. The Morgan fingerprint density at radius 1 is 0.889 bits per heavy atom. The van der Waals surface area contributed by atoms with E-state index in [2.05, 4.69) is 16.0 Å². The minimum absolute atomic E-state index is 0.0792. The molecule has 238 valence electrons. The number of esters is 1. The lowest BCUT2D eigenvalue weighted by atomic mass is 9.84. The maximum atomic E-state index is 14.1. The summed E-state index contributed by atoms with van der Waals surface area (Å²) in [6, 6.07) is 22.6. The Morgan fingerprint density at radius 3 is 2.24 bits per heavy atom. The second-order valence-corrected chi connectivity index (χ2v) is 12.0. The standard InChI is InChI=1S/C36H44N4O5/c1-24(2)22-30(34(42)40-21-11-10-16-31(40)33(35(43)45-4)27-13-6-5-7-14-27)38-32(41)23-26-17-19-28(20-18-26)37-36(44)39-29-15-9-8-12-25(29)3/h5-9,12-15,17-20,24,30-31,33H,10-11,16,21-23H2,1-4H3,(H,38,41)(H2,37,39,44)/t30-,31?,33?/m0/s1. The Labute approximate surface area is 265 Å². The molecule has 4 rings (SSSR count). The van der Waals surface area contributed by atoms with Crippen LogP contribution in [0.5, 0.6) is 0 Å². The first-order valence-corrected chi connectivity index (χ1v) is 15.6. The van der Waals surface area contributed by atoms with Crippen LogP contribution in [0.25, 0.3) is 0 Å². The van der Waals surface area contributed by atoms with E-state index in [4.69, 9.17) is 4.74 Å². The topological polar surface area (TPSA) is 117 Å². The Hall–Kier alpha value is -4.66. The molecule has 0 aliphatic carbocycles. The molecule has 1 aliphatic heterocycles. The van der Waals surface area contributed by atoms with E-state index in [0.717, 1.165) is 35.2 Å². The van der Waals surface area contributed by atoms with Crippen molar-refractivity contribution in [2.75, 3.05) is 24.3 Å². The molecule has 4 amide bonds. The van der Waals surface area contributed by atoms with Gasteiger partial charge in [-0.05, 0) is 73.4 Å². The number of anilines is 2. The fourth-order valence-corrected chi connectivity index (χ4v) is 5.91. The van der Waals surface area contributed by atoms with Gasteiger partial charge in [-0.15, -0.1) is 0 Å². The molecule has 9 heteroatoms. The Morgan fingerprint density at radius 2 is 1.58 bits per heavy atom. The highest BCUT2D eigenvalue weighted by Gasteiger charge is 2.40. The molecule has 1 heterocycles. The summed E-state index contributed by atoms with van der Waals surface area (Å²) >= 11 is 0. The summed E-state index contributed by atoms with van der Waals surface area (Å²) in [5.41, 5.74) is 3.83. The number of likely N-dealkylation sites (tertiary alicyclic amines) is 1. The molecule has 0 radical (unpaired) electrons. The van der Waals surface area contributed by atoms with Crippen LogP contribution in [-0.4, -0.2) is 54.5 Å². The monoisotopic (exact) mass is 612 g/mol. The molecule has 0 bridgehead atoms. The second-order valence-electron chi connectivity index (χ2n) is 12.0. The molecular weight excluding hydrogens is 568 g/mol. The zero-order valence-electron chi connectivity index (χ0n) is 26.5. The van der Waals surface area contributed by atoms with Crippen molar-refractivity contribution in [1.29, 1.82) is 0 Å². The summed E-state index contributed by atoms with van der Waals surface area (Å²) in [7, 11) is 1.37. The number of piperidine rings is 1. The highest BCUT2D eigenvalue weighted by atomic mass is 16.5. The van der Waals surface area contributed by atoms with Gasteiger partial charge >= 0.3 is 12.0 Å². The predicted octanol–water partition coefficient (Wildman–Crippen LogP) is 6.05. The lowest BCUT2D eigenvalue weighted by molar-refractivity contribution is -0.148. The molecule has 9 nitrogen and oxygen atoms in total. The molecule has 0 saturated carbocycles. The molecule has 3 N–H and O–H groups in total. The maximum absolute atomic E-state index is 14.1. The number of carbonyl (C=O) groups excluding carboxylic acids is 4. The van der Waals surface area contributed by atoms with Crippen LogP contribution in [0.1, 0.15) is 62.1 Å². The fourth-order valence-electron chi connectivity index (χ4n) is 5.91. The van der Waals surface area contributed by atoms with Gasteiger partial charge < -0.3 is 25.6 Å². The number of urea groups is 1. The lowest BCUT2D eigenvalue weighted by Crippen LogP contribution is -2.56. The van der Waals surface area contributed by atoms with Gasteiger partial charge in [0.05, 0.1) is 13.5 Å². The van der Waals surface area contributed by atoms with Crippen LogP contribution < -0.4 is 16.0 Å². The zero-order chi connectivity index (χ0) is 32.3. The van der Waals surface area contributed by atoms with Crippen LogP contribution in [0.3, 0.4) is 0 Å². The van der Waals surface area contributed by atoms with Gasteiger partial charge in [-0.1, -0.05) is 74.5 Å². The van der Waals surface area contributed by atoms with Gasteiger partial charge in [0.1, 0.15) is 12.0 Å². The quantitative estimate of drug-likeness (QED) is 0.228. The van der Waals surface area contributed by atoms with E-state index in [1.165, 1.54) is 7.11 Å². The number of benzene rings is 3. The minimum Gasteiger partial charge on any atom is -0.468 e. The summed E-state index contributed by atoms with van der Waals surface area (Å²) in [4.78, 5) is 54.6. The van der Waals surface area contributed by atoms with Crippen molar-refractivity contribution < 1.29 is 23.9 Å². The Kier molecular flexibility index (Phi) is 11.7. The van der Waals surface area contributed by atoms with Gasteiger partial charge in [0.25, 0.3) is 0 Å². The summed E-state index contributed by atoms with van der Waals surface area (Å²) in [6.45, 7) is 6.47. The average Bonchev–Trinajstić information content (AvgIpc) is 3.03. The molecule has 1 saturated heterocycles. The number of rotatable bonds is 11. The first-order valence-electron chi connectivity index (χ1n) is 15.6. The van der Waals surface area contributed by atoms with E-state index in [1.54, 1.807) is 29.2 Å². The van der Waals surface area contributed by atoms with Gasteiger partial charge in [-0.2, -0.15) is 0 Å². The third-order valence-corrected chi connectivity index (χ3v) is 8.14. The SMILES string of the molecule is COC(=O)C(c1ccccc1)C1CCCCN1C(=O)[C@H](CC(C)C)NC(=O)Cc1ccc(NC(=O)Nc2ccccc2C)cc1. The third kappa shape index (κ3) is 9.17. The molecule has 3 atom stereocenters. The van der Waals surface area contributed by atoms with Crippen LogP contribution in [0.2, 0.25) is 0 Å². The second kappa shape index (κ2) is 15.9. The maximum Gasteiger partial charge on any atom is 0.323 e. The summed E-state index contributed by atoms with van der Waals surface area (Å²) in [5, 5.41) is 8.63. The van der Waals surface area contributed by atoms with Gasteiger partial charge in [-0.3, -0.25) is 14.4 Å². The number of nitrogens with zero attached hydrogens (tertiary/aromatic N) is 1. The highest BCUT2D eigenvalue weighted by Crippen LogP contribution is 2.32. The van der Waals surface area contributed by atoms with E-state index in [0.29, 0.717) is 25.1 Å². The Balaban J connectivity index is 1.42. The van der Waals surface area contributed by atoms with Crippen LogP contribution in [-0.2, 0) is 25.5 Å². The molecular formula is C36H44N4O5. The number of amides is 4. The molecule has 0 aromatic heterocycles. The van der Waals surface area contributed by atoms with Gasteiger partial charge in [-0.25, -0.2) is 4.79 Å². The van der Waals surface area contributed by atoms with Crippen molar-refractivity contribution >= 4 is 35.2 Å². The smallest absolute Gasteiger partial charge is 0.323 e. The molecule has 1 fully saturated rings. The molecule has 45 heavy (non-hydrogen) atoms. The van der Waals surface area contributed by atoms with Crippen molar-refractivity contribution in [3.05, 3.63) is 95.6 Å². The van der Waals surface area contributed by atoms with Crippen LogP contribution in [0.15, 0.2) is 78.9 Å². The number of hydrogen-bond acceptors (Lipinski definition) is 5. The first kappa shape index (κ1) is 33.2. The van der Waals surface area contributed by atoms with Crippen LogP contribution in [0, 0.1) is 12.8 Å². The van der Waals surface area contributed by atoms with Gasteiger partial charge in [0.15, 0.2) is 0 Å².